The average molecular weight is 305 g/mol. The Kier molecular flexibility index (Phi) is 6.26. The van der Waals surface area contributed by atoms with Crippen molar-refractivity contribution in [3.8, 4) is 0 Å². The third kappa shape index (κ3) is 4.77. The van der Waals surface area contributed by atoms with Crippen molar-refractivity contribution in [2.75, 3.05) is 30.9 Å². The molecule has 0 aromatic carbocycles. The van der Waals surface area contributed by atoms with Crippen LogP contribution in [0.4, 0.5) is 24.8 Å². The highest BCUT2D eigenvalue weighted by atomic mass is 19.4. The number of anilines is 2. The van der Waals surface area contributed by atoms with Gasteiger partial charge in [-0.2, -0.15) is 13.2 Å². The van der Waals surface area contributed by atoms with Crippen LogP contribution in [0, 0.1) is 0 Å². The van der Waals surface area contributed by atoms with Gasteiger partial charge in [0.25, 0.3) is 0 Å². The van der Waals surface area contributed by atoms with Crippen LogP contribution in [0.25, 0.3) is 0 Å². The number of hydrogen-bond donors (Lipinski definition) is 1. The summed E-state index contributed by atoms with van der Waals surface area (Å²) >= 11 is 0. The molecule has 1 aromatic heterocycles. The van der Waals surface area contributed by atoms with E-state index in [1.54, 1.807) is 7.11 Å². The van der Waals surface area contributed by atoms with Crippen molar-refractivity contribution in [1.82, 2.24) is 4.98 Å². The van der Waals surface area contributed by atoms with Gasteiger partial charge in [-0.3, -0.25) is 0 Å². The predicted octanol–water partition coefficient (Wildman–Crippen LogP) is 3.32. The van der Waals surface area contributed by atoms with Gasteiger partial charge in [0.1, 0.15) is 11.6 Å². The number of alkyl halides is 3. The minimum Gasteiger partial charge on any atom is -0.384 e. The summed E-state index contributed by atoms with van der Waals surface area (Å²) in [7, 11) is 1.55. The molecule has 2 N–H and O–H groups in total. The van der Waals surface area contributed by atoms with Crippen LogP contribution in [-0.4, -0.2) is 31.3 Å². The van der Waals surface area contributed by atoms with Crippen LogP contribution < -0.4 is 10.6 Å². The zero-order valence-corrected chi connectivity index (χ0v) is 12.6. The third-order valence-corrected chi connectivity index (χ3v) is 3.37. The summed E-state index contributed by atoms with van der Waals surface area (Å²) in [6.07, 6.45) is -2.83. The molecule has 120 valence electrons. The lowest BCUT2D eigenvalue weighted by Gasteiger charge is -2.32. The zero-order valence-electron chi connectivity index (χ0n) is 12.6. The van der Waals surface area contributed by atoms with Gasteiger partial charge in [0.2, 0.25) is 0 Å². The molecule has 0 radical (unpaired) electrons. The summed E-state index contributed by atoms with van der Waals surface area (Å²) in [5, 5.41) is 0. The molecule has 7 heteroatoms. The molecule has 0 bridgehead atoms. The molecule has 0 amide bonds. The van der Waals surface area contributed by atoms with Crippen LogP contribution in [0.5, 0.6) is 0 Å². The van der Waals surface area contributed by atoms with Gasteiger partial charge in [0.05, 0.1) is 12.2 Å². The molecule has 0 aliphatic rings. The maximum absolute atomic E-state index is 12.9. The topological polar surface area (TPSA) is 51.4 Å². The Labute approximate surface area is 123 Å². The van der Waals surface area contributed by atoms with E-state index in [9.17, 15) is 13.2 Å². The minimum atomic E-state index is -4.44. The molecule has 0 unspecified atom stereocenters. The highest BCUT2D eigenvalue weighted by molar-refractivity contribution is 5.50. The lowest BCUT2D eigenvalue weighted by molar-refractivity contribution is -0.137. The van der Waals surface area contributed by atoms with Crippen molar-refractivity contribution in [3.05, 3.63) is 17.7 Å². The molecule has 0 spiro atoms. The van der Waals surface area contributed by atoms with Crippen molar-refractivity contribution in [2.45, 2.75) is 38.9 Å². The SMILES string of the molecule is CCC(CC)N(CCOC)c1cc(C(F)(F)F)cc(N)n1. The fourth-order valence-corrected chi connectivity index (χ4v) is 2.25. The molecule has 1 heterocycles. The first-order chi connectivity index (χ1) is 9.83. The minimum absolute atomic E-state index is 0.0931. The number of halogens is 3. The Hall–Kier alpha value is -1.50. The first-order valence-electron chi connectivity index (χ1n) is 6.93. The van der Waals surface area contributed by atoms with Crippen LogP contribution in [0.2, 0.25) is 0 Å². The lowest BCUT2D eigenvalue weighted by Crippen LogP contribution is -2.38. The standard InChI is InChI=1S/C14H22F3N3O/c1-4-11(5-2)20(6-7-21-3)13-9-10(14(15,16)17)8-12(18)19-13/h8-9,11H,4-7H2,1-3H3,(H2,18,19). The number of ether oxygens (including phenoxy) is 1. The second-order valence-electron chi connectivity index (χ2n) is 4.79. The van der Waals surface area contributed by atoms with Crippen molar-refractivity contribution in [2.24, 2.45) is 0 Å². The van der Waals surface area contributed by atoms with E-state index in [1.165, 1.54) is 0 Å². The Morgan fingerprint density at radius 2 is 1.90 bits per heavy atom. The highest BCUT2D eigenvalue weighted by Crippen LogP contribution is 2.33. The Morgan fingerprint density at radius 3 is 2.38 bits per heavy atom. The normalized spacial score (nSPS) is 12.0. The lowest BCUT2D eigenvalue weighted by atomic mass is 10.1. The number of nitrogen functional groups attached to an aromatic ring is 1. The number of hydrogen-bond acceptors (Lipinski definition) is 4. The summed E-state index contributed by atoms with van der Waals surface area (Å²) < 4.78 is 43.7. The monoisotopic (exact) mass is 305 g/mol. The predicted molar refractivity (Wildman–Crippen MR) is 77.2 cm³/mol. The molecule has 21 heavy (non-hydrogen) atoms. The molecule has 1 rings (SSSR count). The fraction of sp³-hybridized carbons (Fsp3) is 0.643. The Morgan fingerprint density at radius 1 is 1.29 bits per heavy atom. The molecule has 0 aliphatic heterocycles. The van der Waals surface area contributed by atoms with Gasteiger partial charge in [0.15, 0.2) is 0 Å². The van der Waals surface area contributed by atoms with Crippen molar-refractivity contribution >= 4 is 11.6 Å². The molecule has 0 atom stereocenters. The van der Waals surface area contributed by atoms with Crippen LogP contribution in [0.15, 0.2) is 12.1 Å². The summed E-state index contributed by atoms with van der Waals surface area (Å²) in [6, 6.07) is 1.99. The smallest absolute Gasteiger partial charge is 0.384 e. The molecule has 1 aromatic rings. The first kappa shape index (κ1) is 17.6. The summed E-state index contributed by atoms with van der Waals surface area (Å²) in [5.74, 6) is 0.112. The maximum atomic E-state index is 12.9. The van der Waals surface area contributed by atoms with Gasteiger partial charge in [-0.15, -0.1) is 0 Å². The molecule has 0 saturated heterocycles. The molecule has 0 aliphatic carbocycles. The van der Waals surface area contributed by atoms with Gasteiger partial charge in [-0.1, -0.05) is 13.8 Å². The van der Waals surface area contributed by atoms with E-state index in [2.05, 4.69) is 4.98 Å². The van der Waals surface area contributed by atoms with Gasteiger partial charge >= 0.3 is 6.18 Å². The number of methoxy groups -OCH3 is 1. The van der Waals surface area contributed by atoms with Gasteiger partial charge < -0.3 is 15.4 Å². The number of pyridine rings is 1. The van der Waals surface area contributed by atoms with E-state index in [1.807, 2.05) is 18.7 Å². The largest absolute Gasteiger partial charge is 0.416 e. The number of nitrogens with two attached hydrogens (primary N) is 1. The van der Waals surface area contributed by atoms with E-state index >= 15 is 0 Å². The van der Waals surface area contributed by atoms with E-state index in [-0.39, 0.29) is 17.7 Å². The average Bonchev–Trinajstić information content (AvgIpc) is 2.41. The molecular weight excluding hydrogens is 283 g/mol. The van der Waals surface area contributed by atoms with Crippen LogP contribution in [0.3, 0.4) is 0 Å². The second-order valence-corrected chi connectivity index (χ2v) is 4.79. The third-order valence-electron chi connectivity index (χ3n) is 3.37. The summed E-state index contributed by atoms with van der Waals surface area (Å²) in [5.41, 5.74) is 4.76. The fourth-order valence-electron chi connectivity index (χ4n) is 2.25. The summed E-state index contributed by atoms with van der Waals surface area (Å²) in [6.45, 7) is 4.86. The van der Waals surface area contributed by atoms with Crippen LogP contribution in [0.1, 0.15) is 32.3 Å². The van der Waals surface area contributed by atoms with E-state index in [4.69, 9.17) is 10.5 Å². The first-order valence-corrected chi connectivity index (χ1v) is 6.93. The van der Waals surface area contributed by atoms with Crippen molar-refractivity contribution < 1.29 is 17.9 Å². The summed E-state index contributed by atoms with van der Waals surface area (Å²) in [4.78, 5) is 5.89. The number of rotatable bonds is 7. The quantitative estimate of drug-likeness (QED) is 0.839. The van der Waals surface area contributed by atoms with Crippen LogP contribution >= 0.6 is 0 Å². The van der Waals surface area contributed by atoms with Crippen molar-refractivity contribution in [1.29, 1.82) is 0 Å². The molecule has 0 fully saturated rings. The van der Waals surface area contributed by atoms with E-state index in [0.29, 0.717) is 13.2 Å². The van der Waals surface area contributed by atoms with E-state index in [0.717, 1.165) is 25.0 Å². The molecule has 4 nitrogen and oxygen atoms in total. The van der Waals surface area contributed by atoms with E-state index < -0.39 is 11.7 Å². The highest BCUT2D eigenvalue weighted by Gasteiger charge is 2.32. The van der Waals surface area contributed by atoms with Gasteiger partial charge in [-0.25, -0.2) is 4.98 Å². The van der Waals surface area contributed by atoms with Crippen molar-refractivity contribution in [3.63, 3.8) is 0 Å². The zero-order chi connectivity index (χ0) is 16.0. The Bertz CT molecular complexity index is 448. The molecule has 0 saturated carbocycles. The molecular formula is C14H22F3N3O. The number of nitrogens with zero attached hydrogens (tertiary/aromatic N) is 2. The van der Waals surface area contributed by atoms with Gasteiger partial charge in [-0.05, 0) is 25.0 Å². The van der Waals surface area contributed by atoms with Gasteiger partial charge in [0, 0.05) is 19.7 Å². The van der Waals surface area contributed by atoms with Crippen LogP contribution in [-0.2, 0) is 10.9 Å². The second kappa shape index (κ2) is 7.49. The Balaban J connectivity index is 3.20. The number of aromatic nitrogens is 1. The maximum Gasteiger partial charge on any atom is 0.416 e.